The quantitative estimate of drug-likeness (QED) is 0.528. The fourth-order valence-corrected chi connectivity index (χ4v) is 1.93. The molecule has 1 heterocycles. The van der Waals surface area contributed by atoms with Gasteiger partial charge in [0.2, 0.25) is 5.91 Å². The van der Waals surface area contributed by atoms with Crippen molar-refractivity contribution in [3.63, 3.8) is 0 Å². The zero-order valence-electron chi connectivity index (χ0n) is 10.2. The topological polar surface area (TPSA) is 85.1 Å². The second-order valence-corrected chi connectivity index (χ2v) is 4.81. The van der Waals surface area contributed by atoms with Crippen LogP contribution in [0.25, 0.3) is 0 Å². The van der Waals surface area contributed by atoms with Crippen LogP contribution in [-0.2, 0) is 11.2 Å². The van der Waals surface area contributed by atoms with Gasteiger partial charge >= 0.3 is 0 Å². The number of nitrogens with one attached hydrogen (secondary N) is 1. The number of halogens is 1. The van der Waals surface area contributed by atoms with Gasteiger partial charge in [-0.05, 0) is 33.6 Å². The van der Waals surface area contributed by atoms with Crippen LogP contribution >= 0.6 is 15.9 Å². The largest absolute Gasteiger partial charge is 0.310 e. The van der Waals surface area contributed by atoms with Crippen LogP contribution in [0.4, 0.5) is 11.5 Å². The number of carbonyl (C=O) groups excluding carboxylic acids is 1. The minimum atomic E-state index is -0.477. The fourth-order valence-electron chi connectivity index (χ4n) is 1.59. The standard InChI is InChI=1S/C13H10BrN3O3/c14-11-2-1-3-12(15-11)16-13(18)8-9-4-6-10(7-5-9)17(19)20/h1-7H,8H2,(H,15,16,18). The molecule has 0 aliphatic carbocycles. The number of nitrogens with zero attached hydrogens (tertiary/aromatic N) is 2. The number of carbonyl (C=O) groups is 1. The van der Waals surface area contributed by atoms with Crippen LogP contribution in [0.3, 0.4) is 0 Å². The SMILES string of the molecule is O=C(Cc1ccc([N+](=O)[O-])cc1)Nc1cccc(Br)n1. The summed E-state index contributed by atoms with van der Waals surface area (Å²) in [5.74, 6) is 0.218. The van der Waals surface area contributed by atoms with Crippen LogP contribution in [0.2, 0.25) is 0 Å². The molecule has 1 amide bonds. The third kappa shape index (κ3) is 3.86. The molecule has 0 bridgehead atoms. The highest BCUT2D eigenvalue weighted by Crippen LogP contribution is 2.13. The van der Waals surface area contributed by atoms with Gasteiger partial charge in [-0.2, -0.15) is 0 Å². The number of amides is 1. The minimum Gasteiger partial charge on any atom is -0.310 e. The number of hydrogen-bond donors (Lipinski definition) is 1. The maximum atomic E-state index is 11.8. The van der Waals surface area contributed by atoms with E-state index in [1.807, 2.05) is 0 Å². The van der Waals surface area contributed by atoms with E-state index in [9.17, 15) is 14.9 Å². The smallest absolute Gasteiger partial charge is 0.269 e. The Hall–Kier alpha value is -2.28. The van der Waals surface area contributed by atoms with Crippen LogP contribution in [0.5, 0.6) is 0 Å². The summed E-state index contributed by atoms with van der Waals surface area (Å²) in [6, 6.07) is 11.1. The number of pyridine rings is 1. The maximum absolute atomic E-state index is 11.8. The lowest BCUT2D eigenvalue weighted by atomic mass is 10.1. The van der Waals surface area contributed by atoms with Crippen molar-refractivity contribution in [1.29, 1.82) is 0 Å². The lowest BCUT2D eigenvalue weighted by molar-refractivity contribution is -0.384. The maximum Gasteiger partial charge on any atom is 0.269 e. The average Bonchev–Trinajstić information content (AvgIpc) is 2.39. The van der Waals surface area contributed by atoms with Crippen molar-refractivity contribution in [1.82, 2.24) is 4.98 Å². The number of hydrogen-bond acceptors (Lipinski definition) is 4. The number of anilines is 1. The fraction of sp³-hybridized carbons (Fsp3) is 0.0769. The summed E-state index contributed by atoms with van der Waals surface area (Å²) in [4.78, 5) is 25.9. The molecule has 0 saturated carbocycles. The Morgan fingerprint density at radius 1 is 1.25 bits per heavy atom. The summed E-state index contributed by atoms with van der Waals surface area (Å²) in [7, 11) is 0. The van der Waals surface area contributed by atoms with Crippen molar-refractivity contribution in [2.45, 2.75) is 6.42 Å². The van der Waals surface area contributed by atoms with Crippen LogP contribution in [0.15, 0.2) is 47.1 Å². The zero-order valence-corrected chi connectivity index (χ0v) is 11.8. The molecular formula is C13H10BrN3O3. The first-order valence-electron chi connectivity index (χ1n) is 5.70. The third-order valence-corrected chi connectivity index (χ3v) is 2.94. The van der Waals surface area contributed by atoms with Gasteiger partial charge in [0.05, 0.1) is 11.3 Å². The zero-order chi connectivity index (χ0) is 14.5. The Kier molecular flexibility index (Phi) is 4.41. The molecule has 7 heteroatoms. The third-order valence-electron chi connectivity index (χ3n) is 2.49. The molecule has 2 aromatic rings. The molecule has 2 rings (SSSR count). The lowest BCUT2D eigenvalue weighted by Crippen LogP contribution is -2.15. The summed E-state index contributed by atoms with van der Waals surface area (Å²) in [5.41, 5.74) is 0.700. The van der Waals surface area contributed by atoms with Gasteiger partial charge in [0.1, 0.15) is 10.4 Å². The van der Waals surface area contributed by atoms with Crippen molar-refractivity contribution < 1.29 is 9.72 Å². The Morgan fingerprint density at radius 2 is 1.95 bits per heavy atom. The Balaban J connectivity index is 1.99. The summed E-state index contributed by atoms with van der Waals surface area (Å²) >= 11 is 3.21. The molecule has 102 valence electrons. The molecule has 0 aliphatic heterocycles. The van der Waals surface area contributed by atoms with Gasteiger partial charge in [-0.1, -0.05) is 18.2 Å². The van der Waals surface area contributed by atoms with E-state index in [1.165, 1.54) is 12.1 Å². The molecule has 1 N–H and O–H groups in total. The Morgan fingerprint density at radius 3 is 2.55 bits per heavy atom. The van der Waals surface area contributed by atoms with Crippen molar-refractivity contribution in [2.75, 3.05) is 5.32 Å². The van der Waals surface area contributed by atoms with Gasteiger partial charge in [-0.3, -0.25) is 14.9 Å². The predicted octanol–water partition coefficient (Wildman–Crippen LogP) is 2.93. The molecule has 0 spiro atoms. The Bertz CT molecular complexity index is 644. The lowest BCUT2D eigenvalue weighted by Gasteiger charge is -2.04. The summed E-state index contributed by atoms with van der Waals surface area (Å²) < 4.78 is 0.630. The Labute approximate surface area is 123 Å². The minimum absolute atomic E-state index is 0.00261. The highest BCUT2D eigenvalue weighted by molar-refractivity contribution is 9.10. The van der Waals surface area contributed by atoms with Gasteiger partial charge in [-0.15, -0.1) is 0 Å². The van der Waals surface area contributed by atoms with E-state index in [0.717, 1.165) is 0 Å². The van der Waals surface area contributed by atoms with E-state index in [-0.39, 0.29) is 18.0 Å². The van der Waals surface area contributed by atoms with Crippen molar-refractivity contribution in [2.24, 2.45) is 0 Å². The molecular weight excluding hydrogens is 326 g/mol. The van der Waals surface area contributed by atoms with Crippen LogP contribution in [0, 0.1) is 10.1 Å². The van der Waals surface area contributed by atoms with Gasteiger partial charge in [0.15, 0.2) is 0 Å². The van der Waals surface area contributed by atoms with Gasteiger partial charge in [0, 0.05) is 12.1 Å². The molecule has 0 radical (unpaired) electrons. The molecule has 0 fully saturated rings. The molecule has 1 aromatic heterocycles. The number of non-ortho nitro benzene ring substituents is 1. The first-order valence-corrected chi connectivity index (χ1v) is 6.49. The first kappa shape index (κ1) is 14.1. The van der Waals surface area contributed by atoms with Crippen molar-refractivity contribution in [3.05, 3.63) is 62.7 Å². The highest BCUT2D eigenvalue weighted by Gasteiger charge is 2.08. The monoisotopic (exact) mass is 335 g/mol. The van der Waals surface area contributed by atoms with Gasteiger partial charge in [-0.25, -0.2) is 4.98 Å². The summed E-state index contributed by atoms with van der Waals surface area (Å²) in [5, 5.41) is 13.2. The predicted molar refractivity (Wildman–Crippen MR) is 77.4 cm³/mol. The average molecular weight is 336 g/mol. The molecule has 0 unspecified atom stereocenters. The number of aromatic nitrogens is 1. The summed E-state index contributed by atoms with van der Waals surface area (Å²) in [6.45, 7) is 0. The second kappa shape index (κ2) is 6.25. The van der Waals surface area contributed by atoms with Crippen LogP contribution < -0.4 is 5.32 Å². The van der Waals surface area contributed by atoms with E-state index < -0.39 is 4.92 Å². The first-order chi connectivity index (χ1) is 9.54. The van der Waals surface area contributed by atoms with E-state index >= 15 is 0 Å². The molecule has 0 aliphatic rings. The number of rotatable bonds is 4. The van der Waals surface area contributed by atoms with Gasteiger partial charge in [0.25, 0.3) is 5.69 Å². The second-order valence-electron chi connectivity index (χ2n) is 3.99. The number of benzene rings is 1. The van der Waals surface area contributed by atoms with Crippen LogP contribution in [-0.4, -0.2) is 15.8 Å². The molecule has 6 nitrogen and oxygen atoms in total. The van der Waals surface area contributed by atoms with Gasteiger partial charge < -0.3 is 5.32 Å². The normalized spacial score (nSPS) is 10.1. The van der Waals surface area contributed by atoms with E-state index in [4.69, 9.17) is 0 Å². The van der Waals surface area contributed by atoms with Crippen molar-refractivity contribution in [3.8, 4) is 0 Å². The van der Waals surface area contributed by atoms with E-state index in [2.05, 4.69) is 26.2 Å². The molecule has 0 saturated heterocycles. The molecule has 0 atom stereocenters. The molecule has 1 aromatic carbocycles. The van der Waals surface area contributed by atoms with Crippen LogP contribution in [0.1, 0.15) is 5.56 Å². The van der Waals surface area contributed by atoms with E-state index in [0.29, 0.717) is 16.0 Å². The van der Waals surface area contributed by atoms with Crippen molar-refractivity contribution >= 4 is 33.3 Å². The van der Waals surface area contributed by atoms with E-state index in [1.54, 1.807) is 30.3 Å². The number of nitro groups is 1. The summed E-state index contributed by atoms with van der Waals surface area (Å²) in [6.07, 6.45) is 0.131. The molecule has 20 heavy (non-hydrogen) atoms. The number of nitro benzene ring substituents is 1. The highest BCUT2D eigenvalue weighted by atomic mass is 79.9.